The van der Waals surface area contributed by atoms with Crippen LogP contribution in [0.5, 0.6) is 0 Å². The first kappa shape index (κ1) is 15.5. The number of primary amides is 1. The van der Waals surface area contributed by atoms with Crippen LogP contribution < -0.4 is 11.1 Å². The number of hydrogen-bond donors (Lipinski definition) is 2. The molecule has 0 aliphatic carbocycles. The van der Waals surface area contributed by atoms with Crippen LogP contribution in [-0.4, -0.2) is 5.91 Å². The van der Waals surface area contributed by atoms with Crippen LogP contribution in [-0.2, 0) is 6.54 Å². The van der Waals surface area contributed by atoms with Crippen molar-refractivity contribution < 1.29 is 4.79 Å². The first-order chi connectivity index (χ1) is 9.97. The van der Waals surface area contributed by atoms with Crippen LogP contribution in [0.4, 0.5) is 0 Å². The molecule has 21 heavy (non-hydrogen) atoms. The molecule has 3 nitrogen and oxygen atoms in total. The van der Waals surface area contributed by atoms with Gasteiger partial charge in [0.15, 0.2) is 0 Å². The third-order valence-corrected chi connectivity index (χ3v) is 3.87. The molecule has 2 aromatic rings. The van der Waals surface area contributed by atoms with Crippen LogP contribution in [0.25, 0.3) is 0 Å². The third kappa shape index (κ3) is 4.06. The molecule has 0 saturated heterocycles. The molecule has 0 fully saturated rings. The van der Waals surface area contributed by atoms with Gasteiger partial charge in [0.2, 0.25) is 5.91 Å². The maximum Gasteiger partial charge on any atom is 0.248 e. The van der Waals surface area contributed by atoms with Gasteiger partial charge in [-0.1, -0.05) is 47.5 Å². The molecule has 0 aromatic heterocycles. The monoisotopic (exact) mass is 302 g/mol. The Bertz CT molecular complexity index is 638. The second-order valence-electron chi connectivity index (χ2n) is 5.18. The van der Waals surface area contributed by atoms with Crippen molar-refractivity contribution in [2.75, 3.05) is 0 Å². The lowest BCUT2D eigenvalue weighted by Crippen LogP contribution is -2.18. The van der Waals surface area contributed by atoms with Gasteiger partial charge in [-0.05, 0) is 37.1 Å². The van der Waals surface area contributed by atoms with Crippen LogP contribution in [0.2, 0.25) is 5.02 Å². The Labute approximate surface area is 130 Å². The van der Waals surface area contributed by atoms with Gasteiger partial charge in [-0.3, -0.25) is 4.79 Å². The number of hydrogen-bond acceptors (Lipinski definition) is 2. The van der Waals surface area contributed by atoms with E-state index in [0.29, 0.717) is 17.1 Å². The summed E-state index contributed by atoms with van der Waals surface area (Å²) in [6.45, 7) is 4.81. The average molecular weight is 303 g/mol. The van der Waals surface area contributed by atoms with E-state index in [1.54, 1.807) is 12.1 Å². The van der Waals surface area contributed by atoms with E-state index in [1.165, 1.54) is 11.1 Å². The Morgan fingerprint density at radius 3 is 2.48 bits per heavy atom. The molecule has 2 rings (SSSR count). The van der Waals surface area contributed by atoms with Gasteiger partial charge in [-0.25, -0.2) is 0 Å². The van der Waals surface area contributed by atoms with Crippen LogP contribution in [0.15, 0.2) is 42.5 Å². The molecule has 2 aromatic carbocycles. The van der Waals surface area contributed by atoms with Crippen molar-refractivity contribution in [1.29, 1.82) is 0 Å². The van der Waals surface area contributed by atoms with Gasteiger partial charge in [-0.2, -0.15) is 0 Å². The lowest BCUT2D eigenvalue weighted by Gasteiger charge is -2.15. The van der Waals surface area contributed by atoms with Crippen molar-refractivity contribution in [2.45, 2.75) is 26.4 Å². The Hall–Kier alpha value is -1.84. The standard InChI is InChI=1S/C17H19ClN2O/c1-11-3-5-13(6-4-11)12(2)20-10-15-8-7-14(17(19)21)9-16(15)18/h3-9,12,20H,10H2,1-2H3,(H2,19,21)/t12-/m1/s1. The van der Waals surface area contributed by atoms with Gasteiger partial charge in [-0.15, -0.1) is 0 Å². The SMILES string of the molecule is Cc1ccc([C@@H](C)NCc2ccc(C(N)=O)cc2Cl)cc1. The summed E-state index contributed by atoms with van der Waals surface area (Å²) in [6, 6.07) is 13.8. The van der Waals surface area contributed by atoms with Crippen molar-refractivity contribution in [1.82, 2.24) is 5.32 Å². The predicted octanol–water partition coefficient (Wildman–Crippen LogP) is 3.60. The van der Waals surface area contributed by atoms with E-state index >= 15 is 0 Å². The first-order valence-electron chi connectivity index (χ1n) is 6.85. The molecule has 0 radical (unpaired) electrons. The van der Waals surface area contributed by atoms with Gasteiger partial charge in [0, 0.05) is 23.2 Å². The molecule has 3 N–H and O–H groups in total. The Kier molecular flexibility index (Phi) is 4.99. The molecule has 0 spiro atoms. The smallest absolute Gasteiger partial charge is 0.248 e. The highest BCUT2D eigenvalue weighted by Gasteiger charge is 2.08. The topological polar surface area (TPSA) is 55.1 Å². The second-order valence-corrected chi connectivity index (χ2v) is 5.59. The zero-order chi connectivity index (χ0) is 15.4. The minimum absolute atomic E-state index is 0.220. The number of carbonyl (C=O) groups is 1. The first-order valence-corrected chi connectivity index (χ1v) is 7.23. The third-order valence-electron chi connectivity index (χ3n) is 3.51. The van der Waals surface area contributed by atoms with Gasteiger partial charge >= 0.3 is 0 Å². The van der Waals surface area contributed by atoms with E-state index in [2.05, 4.69) is 43.4 Å². The van der Waals surface area contributed by atoms with Crippen molar-refractivity contribution >= 4 is 17.5 Å². The number of nitrogens with two attached hydrogens (primary N) is 1. The van der Waals surface area contributed by atoms with Crippen LogP contribution >= 0.6 is 11.6 Å². The summed E-state index contributed by atoms with van der Waals surface area (Å²) >= 11 is 6.18. The molecule has 0 unspecified atom stereocenters. The molecular weight excluding hydrogens is 284 g/mol. The summed E-state index contributed by atoms with van der Waals surface area (Å²) in [4.78, 5) is 11.1. The highest BCUT2D eigenvalue weighted by atomic mass is 35.5. The fraction of sp³-hybridized carbons (Fsp3) is 0.235. The summed E-state index contributed by atoms with van der Waals surface area (Å²) in [5.41, 5.74) is 9.07. The van der Waals surface area contributed by atoms with Crippen LogP contribution in [0, 0.1) is 6.92 Å². The van der Waals surface area contributed by atoms with Gasteiger partial charge in [0.1, 0.15) is 0 Å². The number of aryl methyl sites for hydroxylation is 1. The maximum absolute atomic E-state index is 11.1. The zero-order valence-electron chi connectivity index (χ0n) is 12.2. The Balaban J connectivity index is 2.02. The normalized spacial score (nSPS) is 12.1. The molecule has 0 bridgehead atoms. The number of carbonyl (C=O) groups excluding carboxylic acids is 1. The van der Waals surface area contributed by atoms with E-state index in [-0.39, 0.29) is 6.04 Å². The quantitative estimate of drug-likeness (QED) is 0.886. The molecule has 0 heterocycles. The predicted molar refractivity (Wildman–Crippen MR) is 86.4 cm³/mol. The summed E-state index contributed by atoms with van der Waals surface area (Å²) in [5, 5.41) is 3.97. The summed E-state index contributed by atoms with van der Waals surface area (Å²) in [5.74, 6) is -0.468. The van der Waals surface area contributed by atoms with Crippen molar-refractivity contribution in [2.24, 2.45) is 5.73 Å². The highest BCUT2D eigenvalue weighted by molar-refractivity contribution is 6.31. The lowest BCUT2D eigenvalue weighted by molar-refractivity contribution is 0.100. The van der Waals surface area contributed by atoms with E-state index in [1.807, 2.05) is 6.07 Å². The highest BCUT2D eigenvalue weighted by Crippen LogP contribution is 2.19. The van der Waals surface area contributed by atoms with E-state index < -0.39 is 5.91 Å². The Morgan fingerprint density at radius 1 is 1.24 bits per heavy atom. The summed E-state index contributed by atoms with van der Waals surface area (Å²) in [7, 11) is 0. The molecule has 1 atom stereocenters. The fourth-order valence-corrected chi connectivity index (χ4v) is 2.33. The summed E-state index contributed by atoms with van der Waals surface area (Å²) < 4.78 is 0. The number of rotatable bonds is 5. The van der Waals surface area contributed by atoms with Gasteiger partial charge < -0.3 is 11.1 Å². The molecule has 4 heteroatoms. The zero-order valence-corrected chi connectivity index (χ0v) is 12.9. The lowest BCUT2D eigenvalue weighted by atomic mass is 10.1. The van der Waals surface area contributed by atoms with Gasteiger partial charge in [0.05, 0.1) is 0 Å². The van der Waals surface area contributed by atoms with Crippen LogP contribution in [0.1, 0.15) is 40.0 Å². The molecule has 110 valence electrons. The van der Waals surface area contributed by atoms with Crippen molar-refractivity contribution in [3.05, 3.63) is 69.7 Å². The van der Waals surface area contributed by atoms with Crippen molar-refractivity contribution in [3.8, 4) is 0 Å². The summed E-state index contributed by atoms with van der Waals surface area (Å²) in [6.07, 6.45) is 0. The molecular formula is C17H19ClN2O. The van der Waals surface area contributed by atoms with E-state index in [4.69, 9.17) is 17.3 Å². The number of benzene rings is 2. The number of nitrogens with one attached hydrogen (secondary N) is 1. The fourth-order valence-electron chi connectivity index (χ4n) is 2.08. The average Bonchev–Trinajstić information content (AvgIpc) is 2.46. The van der Waals surface area contributed by atoms with Crippen molar-refractivity contribution in [3.63, 3.8) is 0 Å². The molecule has 0 saturated carbocycles. The van der Waals surface area contributed by atoms with E-state index in [9.17, 15) is 4.79 Å². The number of amides is 1. The van der Waals surface area contributed by atoms with E-state index in [0.717, 1.165) is 5.56 Å². The minimum atomic E-state index is -0.468. The maximum atomic E-state index is 11.1. The number of halogens is 1. The Morgan fingerprint density at radius 2 is 1.90 bits per heavy atom. The second kappa shape index (κ2) is 6.74. The van der Waals surface area contributed by atoms with Gasteiger partial charge in [0.25, 0.3) is 0 Å². The largest absolute Gasteiger partial charge is 0.366 e. The molecule has 0 aliphatic rings. The minimum Gasteiger partial charge on any atom is -0.366 e. The van der Waals surface area contributed by atoms with Crippen LogP contribution in [0.3, 0.4) is 0 Å². The molecule has 0 aliphatic heterocycles. The molecule has 1 amide bonds.